The highest BCUT2D eigenvalue weighted by Gasteiger charge is 2.39. The Hall–Kier alpha value is -2.22. The van der Waals surface area contributed by atoms with E-state index in [0.29, 0.717) is 18.0 Å². The lowest BCUT2D eigenvalue weighted by molar-refractivity contribution is 0.0682. The second-order valence-corrected chi connectivity index (χ2v) is 6.71. The summed E-state index contributed by atoms with van der Waals surface area (Å²) in [7, 11) is 3.56. The van der Waals surface area contributed by atoms with E-state index in [-0.39, 0.29) is 18.1 Å². The summed E-state index contributed by atoms with van der Waals surface area (Å²) in [4.78, 5) is 14.8. The molecule has 0 spiro atoms. The van der Waals surface area contributed by atoms with Crippen molar-refractivity contribution in [3.8, 4) is 0 Å². The average Bonchev–Trinajstić information content (AvgIpc) is 3.24. The Bertz CT molecular complexity index is 707. The monoisotopic (exact) mass is 332 g/mol. The first kappa shape index (κ1) is 16.6. The van der Waals surface area contributed by atoms with E-state index in [0.717, 1.165) is 18.8 Å². The highest BCUT2D eigenvalue weighted by atomic mass is 16.5. The lowest BCUT2D eigenvalue weighted by Crippen LogP contribution is -2.32. The molecule has 2 atom stereocenters. The molecule has 0 N–H and O–H groups in total. The molecule has 24 heavy (non-hydrogen) atoms. The minimum atomic E-state index is -0.136. The number of carbonyl (C=O) groups is 1. The maximum absolute atomic E-state index is 13.0. The molecule has 8 nitrogen and oxygen atoms in total. The molecule has 0 saturated carbocycles. The van der Waals surface area contributed by atoms with E-state index in [1.807, 2.05) is 27.4 Å². The van der Waals surface area contributed by atoms with Crippen LogP contribution in [0.15, 0.2) is 18.7 Å². The number of hydrogen-bond acceptors (Lipinski definition) is 5. The SMILES string of the molecule is CO[C@@H]1C[C@@H](c2nncn2C)N(C(=O)c2cnn(CC(C)C)c2)C1. The van der Waals surface area contributed by atoms with Crippen molar-refractivity contribution in [1.82, 2.24) is 29.4 Å². The predicted octanol–water partition coefficient (Wildman–Crippen LogP) is 1.27. The number of methoxy groups -OCH3 is 1. The molecule has 0 radical (unpaired) electrons. The van der Waals surface area contributed by atoms with E-state index >= 15 is 0 Å². The van der Waals surface area contributed by atoms with Crippen LogP contribution in [-0.4, -0.2) is 55.1 Å². The van der Waals surface area contributed by atoms with Crippen molar-refractivity contribution in [3.05, 3.63) is 30.1 Å². The van der Waals surface area contributed by atoms with Crippen molar-refractivity contribution < 1.29 is 9.53 Å². The fourth-order valence-corrected chi connectivity index (χ4v) is 3.15. The zero-order chi connectivity index (χ0) is 17.3. The van der Waals surface area contributed by atoms with Crippen LogP contribution >= 0.6 is 0 Å². The molecule has 0 unspecified atom stereocenters. The number of nitrogens with zero attached hydrogens (tertiary/aromatic N) is 6. The molecule has 2 aromatic rings. The van der Waals surface area contributed by atoms with Crippen molar-refractivity contribution in [2.75, 3.05) is 13.7 Å². The molecule has 1 amide bonds. The van der Waals surface area contributed by atoms with Gasteiger partial charge in [-0.1, -0.05) is 13.8 Å². The Labute approximate surface area is 141 Å². The van der Waals surface area contributed by atoms with Crippen LogP contribution in [0.3, 0.4) is 0 Å². The number of aromatic nitrogens is 5. The lowest BCUT2D eigenvalue weighted by Gasteiger charge is -2.23. The maximum Gasteiger partial charge on any atom is 0.257 e. The van der Waals surface area contributed by atoms with Crippen molar-refractivity contribution in [2.24, 2.45) is 13.0 Å². The predicted molar refractivity (Wildman–Crippen MR) is 87.3 cm³/mol. The molecule has 1 fully saturated rings. The minimum absolute atomic E-state index is 0.00126. The van der Waals surface area contributed by atoms with Crippen LogP contribution in [-0.2, 0) is 18.3 Å². The molecule has 3 rings (SSSR count). The number of hydrogen-bond donors (Lipinski definition) is 0. The van der Waals surface area contributed by atoms with Crippen LogP contribution in [0.2, 0.25) is 0 Å². The number of ether oxygens (including phenoxy) is 1. The Balaban J connectivity index is 1.83. The summed E-state index contributed by atoms with van der Waals surface area (Å²) >= 11 is 0. The summed E-state index contributed by atoms with van der Waals surface area (Å²) in [6, 6.07) is -0.136. The first-order valence-electron chi connectivity index (χ1n) is 8.19. The smallest absolute Gasteiger partial charge is 0.257 e. The number of rotatable bonds is 5. The van der Waals surface area contributed by atoms with E-state index in [1.165, 1.54) is 0 Å². The maximum atomic E-state index is 13.0. The van der Waals surface area contributed by atoms with Crippen molar-refractivity contribution >= 4 is 5.91 Å². The molecule has 1 saturated heterocycles. The van der Waals surface area contributed by atoms with E-state index in [9.17, 15) is 4.79 Å². The molecule has 0 aromatic carbocycles. The summed E-state index contributed by atoms with van der Waals surface area (Å²) in [6.07, 6.45) is 5.82. The van der Waals surface area contributed by atoms with E-state index in [4.69, 9.17) is 4.74 Å². The molecular formula is C16H24N6O2. The van der Waals surface area contributed by atoms with Gasteiger partial charge in [0.15, 0.2) is 5.82 Å². The largest absolute Gasteiger partial charge is 0.380 e. The molecule has 3 heterocycles. The van der Waals surface area contributed by atoms with E-state index in [1.54, 1.807) is 19.6 Å². The van der Waals surface area contributed by atoms with Crippen LogP contribution in [0.4, 0.5) is 0 Å². The van der Waals surface area contributed by atoms with Gasteiger partial charge in [0.05, 0.1) is 23.9 Å². The highest BCUT2D eigenvalue weighted by molar-refractivity contribution is 5.94. The lowest BCUT2D eigenvalue weighted by atomic mass is 10.1. The average molecular weight is 332 g/mol. The van der Waals surface area contributed by atoms with Gasteiger partial charge in [-0.15, -0.1) is 10.2 Å². The van der Waals surface area contributed by atoms with Gasteiger partial charge in [0.2, 0.25) is 0 Å². The quantitative estimate of drug-likeness (QED) is 0.824. The molecule has 2 aromatic heterocycles. The number of aryl methyl sites for hydroxylation is 1. The number of amides is 1. The molecule has 1 aliphatic rings. The fourth-order valence-electron chi connectivity index (χ4n) is 3.15. The Morgan fingerprint density at radius 2 is 2.25 bits per heavy atom. The summed E-state index contributed by atoms with van der Waals surface area (Å²) < 4.78 is 9.15. The Kier molecular flexibility index (Phi) is 4.66. The molecular weight excluding hydrogens is 308 g/mol. The molecule has 1 aliphatic heterocycles. The van der Waals surface area contributed by atoms with Gasteiger partial charge in [0, 0.05) is 39.9 Å². The Morgan fingerprint density at radius 1 is 1.46 bits per heavy atom. The first-order chi connectivity index (χ1) is 11.5. The van der Waals surface area contributed by atoms with Gasteiger partial charge in [-0.25, -0.2) is 0 Å². The minimum Gasteiger partial charge on any atom is -0.380 e. The molecule has 0 bridgehead atoms. The zero-order valence-corrected chi connectivity index (χ0v) is 14.6. The fraction of sp³-hybridized carbons (Fsp3) is 0.625. The molecule has 130 valence electrons. The zero-order valence-electron chi connectivity index (χ0n) is 14.6. The van der Waals surface area contributed by atoms with Gasteiger partial charge < -0.3 is 14.2 Å². The standard InChI is InChI=1S/C16H24N6O2/c1-11(2)7-21-8-12(6-18-21)16(23)22-9-13(24-4)5-14(22)15-19-17-10-20(15)3/h6,8,10-11,13-14H,5,7,9H2,1-4H3/t13-,14+/m1/s1. The summed E-state index contributed by atoms with van der Waals surface area (Å²) in [6.45, 7) is 5.58. The van der Waals surface area contributed by atoms with Crippen LogP contribution in [0.1, 0.15) is 42.5 Å². The third kappa shape index (κ3) is 3.19. The summed E-state index contributed by atoms with van der Waals surface area (Å²) in [5, 5.41) is 12.4. The summed E-state index contributed by atoms with van der Waals surface area (Å²) in [5.41, 5.74) is 0.597. The van der Waals surface area contributed by atoms with Crippen LogP contribution in [0.25, 0.3) is 0 Å². The van der Waals surface area contributed by atoms with Gasteiger partial charge in [0.25, 0.3) is 5.91 Å². The van der Waals surface area contributed by atoms with Crippen LogP contribution in [0.5, 0.6) is 0 Å². The first-order valence-corrected chi connectivity index (χ1v) is 8.19. The van der Waals surface area contributed by atoms with Gasteiger partial charge in [0.1, 0.15) is 6.33 Å². The van der Waals surface area contributed by atoms with Crippen molar-refractivity contribution in [1.29, 1.82) is 0 Å². The third-order valence-corrected chi connectivity index (χ3v) is 4.33. The molecule has 0 aliphatic carbocycles. The van der Waals surface area contributed by atoms with Crippen LogP contribution in [0, 0.1) is 5.92 Å². The van der Waals surface area contributed by atoms with Gasteiger partial charge in [-0.2, -0.15) is 5.10 Å². The van der Waals surface area contributed by atoms with E-state index < -0.39 is 0 Å². The van der Waals surface area contributed by atoms with Crippen LogP contribution < -0.4 is 0 Å². The second kappa shape index (κ2) is 6.72. The van der Waals surface area contributed by atoms with Gasteiger partial charge in [-0.05, 0) is 5.92 Å². The van der Waals surface area contributed by atoms with Crippen molar-refractivity contribution in [3.63, 3.8) is 0 Å². The van der Waals surface area contributed by atoms with E-state index in [2.05, 4.69) is 29.1 Å². The third-order valence-electron chi connectivity index (χ3n) is 4.33. The second-order valence-electron chi connectivity index (χ2n) is 6.71. The highest BCUT2D eigenvalue weighted by Crippen LogP contribution is 2.33. The Morgan fingerprint density at radius 3 is 2.88 bits per heavy atom. The summed E-state index contributed by atoms with van der Waals surface area (Å²) in [5.74, 6) is 1.21. The molecule has 8 heteroatoms. The van der Waals surface area contributed by atoms with Gasteiger partial charge in [-0.3, -0.25) is 9.48 Å². The van der Waals surface area contributed by atoms with Crippen molar-refractivity contribution in [2.45, 2.75) is 39.0 Å². The normalized spacial score (nSPS) is 21.0. The number of carbonyl (C=O) groups excluding carboxylic acids is 1. The number of likely N-dealkylation sites (tertiary alicyclic amines) is 1. The van der Waals surface area contributed by atoms with Gasteiger partial charge >= 0.3 is 0 Å². The topological polar surface area (TPSA) is 78.1 Å².